The number of hydrogen-bond donors (Lipinski definition) is 1. The van der Waals surface area contributed by atoms with Gasteiger partial charge in [-0.1, -0.05) is 11.6 Å². The van der Waals surface area contributed by atoms with Crippen molar-refractivity contribution in [2.75, 3.05) is 6.54 Å². The highest BCUT2D eigenvalue weighted by atomic mass is 35.5. The third kappa shape index (κ3) is 3.32. The summed E-state index contributed by atoms with van der Waals surface area (Å²) in [5.41, 5.74) is 1.26. The number of aliphatic hydroxyl groups excluding tert-OH is 1. The van der Waals surface area contributed by atoms with Gasteiger partial charge in [0.05, 0.1) is 16.8 Å². The minimum Gasteiger partial charge on any atom is -0.393 e. The van der Waals surface area contributed by atoms with Crippen molar-refractivity contribution < 1.29 is 5.11 Å². The maximum absolute atomic E-state index is 12.2. The number of pyridine rings is 1. The highest BCUT2D eigenvalue weighted by Gasteiger charge is 2.26. The molecular weight excluding hydrogens is 302 g/mol. The Balaban J connectivity index is 1.85. The van der Waals surface area contributed by atoms with E-state index in [4.69, 9.17) is 11.6 Å². The molecule has 0 saturated carbocycles. The van der Waals surface area contributed by atoms with Crippen LogP contribution in [0.25, 0.3) is 5.65 Å². The van der Waals surface area contributed by atoms with E-state index in [0.29, 0.717) is 23.3 Å². The highest BCUT2D eigenvalue weighted by molar-refractivity contribution is 6.30. The van der Waals surface area contributed by atoms with E-state index in [-0.39, 0.29) is 11.7 Å². The molecule has 0 aliphatic carbocycles. The molecule has 1 fully saturated rings. The maximum atomic E-state index is 12.2. The Kier molecular flexibility index (Phi) is 4.47. The Morgan fingerprint density at radius 3 is 3.09 bits per heavy atom. The fourth-order valence-electron chi connectivity index (χ4n) is 3.18. The normalized spacial score (nSPS) is 20.6. The quantitative estimate of drug-likeness (QED) is 0.936. The van der Waals surface area contributed by atoms with Gasteiger partial charge in [0.2, 0.25) is 0 Å². The zero-order valence-electron chi connectivity index (χ0n) is 12.6. The molecule has 2 aromatic rings. The van der Waals surface area contributed by atoms with Crippen molar-refractivity contribution in [1.29, 1.82) is 0 Å². The highest BCUT2D eigenvalue weighted by Crippen LogP contribution is 2.23. The summed E-state index contributed by atoms with van der Waals surface area (Å²) in [4.78, 5) is 19.1. The summed E-state index contributed by atoms with van der Waals surface area (Å²) in [7, 11) is 0. The van der Waals surface area contributed by atoms with E-state index in [9.17, 15) is 9.90 Å². The molecule has 6 heteroatoms. The average molecular weight is 322 g/mol. The van der Waals surface area contributed by atoms with Crippen LogP contribution in [-0.4, -0.2) is 38.1 Å². The molecule has 1 aliphatic rings. The molecule has 0 bridgehead atoms. The maximum Gasteiger partial charge on any atom is 0.258 e. The van der Waals surface area contributed by atoms with Gasteiger partial charge in [-0.2, -0.15) is 0 Å². The molecule has 118 valence electrons. The van der Waals surface area contributed by atoms with Crippen molar-refractivity contribution in [1.82, 2.24) is 14.3 Å². The number of rotatable bonds is 4. The van der Waals surface area contributed by atoms with Crippen LogP contribution in [0.2, 0.25) is 5.02 Å². The molecule has 1 saturated heterocycles. The average Bonchev–Trinajstić information content (AvgIpc) is 2.86. The third-order valence-electron chi connectivity index (χ3n) is 4.15. The second kappa shape index (κ2) is 6.36. The lowest BCUT2D eigenvalue weighted by molar-refractivity contribution is 0.130. The third-order valence-corrected chi connectivity index (χ3v) is 4.38. The lowest BCUT2D eigenvalue weighted by Gasteiger charge is -2.25. The second-order valence-corrected chi connectivity index (χ2v) is 6.45. The molecule has 2 atom stereocenters. The molecule has 0 aromatic carbocycles. The zero-order chi connectivity index (χ0) is 15.7. The standard InChI is InChI=1S/C16H20ClN3O2/c1-11(21)7-14-3-2-6-19(14)10-13-8-16(22)20-9-12(17)4-5-15(20)18-13/h4-5,8-9,11,14,21H,2-3,6-7,10H2,1H3. The van der Waals surface area contributed by atoms with Gasteiger partial charge < -0.3 is 5.11 Å². The minimum absolute atomic E-state index is 0.117. The summed E-state index contributed by atoms with van der Waals surface area (Å²) in [6, 6.07) is 5.43. The first-order chi connectivity index (χ1) is 10.5. The van der Waals surface area contributed by atoms with E-state index < -0.39 is 0 Å². The van der Waals surface area contributed by atoms with Crippen molar-refractivity contribution in [3.8, 4) is 0 Å². The molecular formula is C16H20ClN3O2. The van der Waals surface area contributed by atoms with Gasteiger partial charge in [-0.15, -0.1) is 0 Å². The minimum atomic E-state index is -0.303. The lowest BCUT2D eigenvalue weighted by atomic mass is 10.1. The number of halogens is 1. The number of hydrogen-bond acceptors (Lipinski definition) is 4. The van der Waals surface area contributed by atoms with Gasteiger partial charge in [0.25, 0.3) is 5.56 Å². The second-order valence-electron chi connectivity index (χ2n) is 6.01. The van der Waals surface area contributed by atoms with Crippen LogP contribution < -0.4 is 5.56 Å². The topological polar surface area (TPSA) is 57.8 Å². The molecule has 22 heavy (non-hydrogen) atoms. The molecule has 3 heterocycles. The number of aromatic nitrogens is 2. The van der Waals surface area contributed by atoms with Crippen LogP contribution in [-0.2, 0) is 6.54 Å². The summed E-state index contributed by atoms with van der Waals surface area (Å²) in [5, 5.41) is 10.1. The summed E-state index contributed by atoms with van der Waals surface area (Å²) >= 11 is 5.92. The van der Waals surface area contributed by atoms with Crippen molar-refractivity contribution in [2.24, 2.45) is 0 Å². The molecule has 0 spiro atoms. The lowest BCUT2D eigenvalue weighted by Crippen LogP contribution is -2.32. The first-order valence-electron chi connectivity index (χ1n) is 7.63. The fourth-order valence-corrected chi connectivity index (χ4v) is 3.34. The first kappa shape index (κ1) is 15.5. The molecule has 3 rings (SSSR count). The van der Waals surface area contributed by atoms with Crippen LogP contribution in [0.1, 0.15) is 31.9 Å². The number of nitrogens with zero attached hydrogens (tertiary/aromatic N) is 3. The molecule has 1 N–H and O–H groups in total. The molecule has 0 amide bonds. The Morgan fingerprint density at radius 2 is 2.32 bits per heavy atom. The smallest absolute Gasteiger partial charge is 0.258 e. The van der Waals surface area contributed by atoms with Gasteiger partial charge >= 0.3 is 0 Å². The van der Waals surface area contributed by atoms with Crippen LogP contribution in [0.4, 0.5) is 0 Å². The van der Waals surface area contributed by atoms with E-state index in [1.54, 1.807) is 24.4 Å². The zero-order valence-corrected chi connectivity index (χ0v) is 13.3. The van der Waals surface area contributed by atoms with E-state index in [2.05, 4.69) is 9.88 Å². The Bertz CT molecular complexity index is 729. The first-order valence-corrected chi connectivity index (χ1v) is 8.00. The van der Waals surface area contributed by atoms with Crippen molar-refractivity contribution in [3.63, 3.8) is 0 Å². The van der Waals surface area contributed by atoms with Gasteiger partial charge in [0.15, 0.2) is 0 Å². The van der Waals surface area contributed by atoms with Crippen molar-refractivity contribution >= 4 is 17.2 Å². The van der Waals surface area contributed by atoms with E-state index in [0.717, 1.165) is 31.5 Å². The molecule has 0 radical (unpaired) electrons. The van der Waals surface area contributed by atoms with Crippen molar-refractivity contribution in [3.05, 3.63) is 45.5 Å². The van der Waals surface area contributed by atoms with Crippen molar-refractivity contribution in [2.45, 2.75) is 44.9 Å². The number of aliphatic hydroxyl groups is 1. The van der Waals surface area contributed by atoms with Crippen LogP contribution >= 0.6 is 11.6 Å². The van der Waals surface area contributed by atoms with Crippen LogP contribution in [0.5, 0.6) is 0 Å². The predicted octanol–water partition coefficient (Wildman–Crippen LogP) is 2.08. The number of likely N-dealkylation sites (tertiary alicyclic amines) is 1. The summed E-state index contributed by atoms with van der Waals surface area (Å²) < 4.78 is 1.46. The molecule has 5 nitrogen and oxygen atoms in total. The number of fused-ring (bicyclic) bond motifs is 1. The Morgan fingerprint density at radius 1 is 1.50 bits per heavy atom. The largest absolute Gasteiger partial charge is 0.393 e. The van der Waals surface area contributed by atoms with Crippen LogP contribution in [0.15, 0.2) is 29.2 Å². The molecule has 2 unspecified atom stereocenters. The Hall–Kier alpha value is -1.43. The Labute approximate surface area is 134 Å². The van der Waals surface area contributed by atoms with Gasteiger partial charge in [0, 0.05) is 24.8 Å². The monoisotopic (exact) mass is 321 g/mol. The predicted molar refractivity (Wildman–Crippen MR) is 86.2 cm³/mol. The summed E-state index contributed by atoms with van der Waals surface area (Å²) in [6.07, 6.45) is 4.26. The van der Waals surface area contributed by atoms with Gasteiger partial charge in [-0.3, -0.25) is 14.1 Å². The van der Waals surface area contributed by atoms with Gasteiger partial charge in [0.1, 0.15) is 5.65 Å². The van der Waals surface area contributed by atoms with Crippen LogP contribution in [0, 0.1) is 0 Å². The van der Waals surface area contributed by atoms with Crippen LogP contribution in [0.3, 0.4) is 0 Å². The van der Waals surface area contributed by atoms with E-state index in [1.807, 2.05) is 6.92 Å². The van der Waals surface area contributed by atoms with Gasteiger partial charge in [-0.05, 0) is 44.9 Å². The summed E-state index contributed by atoms with van der Waals surface area (Å²) in [6.45, 7) is 3.45. The summed E-state index contributed by atoms with van der Waals surface area (Å²) in [5.74, 6) is 0. The van der Waals surface area contributed by atoms with E-state index >= 15 is 0 Å². The molecule has 2 aromatic heterocycles. The molecule has 1 aliphatic heterocycles. The fraction of sp³-hybridized carbons (Fsp3) is 0.500. The van der Waals surface area contributed by atoms with Gasteiger partial charge in [-0.25, -0.2) is 4.98 Å². The van der Waals surface area contributed by atoms with E-state index in [1.165, 1.54) is 4.40 Å². The SMILES string of the molecule is CC(O)CC1CCCN1Cc1cc(=O)n2cc(Cl)ccc2n1.